The molecule has 1 aliphatic carbocycles. The molecule has 0 N–H and O–H groups in total. The number of pyridine rings is 3. The van der Waals surface area contributed by atoms with Crippen LogP contribution in [0.5, 0.6) is 0 Å². The van der Waals surface area contributed by atoms with Gasteiger partial charge in [0.05, 0.1) is 39.5 Å². The lowest BCUT2D eigenvalue weighted by Crippen LogP contribution is -2.15. The maximum atomic E-state index is 5.01. The second-order valence-electron chi connectivity index (χ2n) is 11.0. The Balaban J connectivity index is 1.46. The average molecular weight is 515 g/mol. The number of benzene rings is 3. The smallest absolute Gasteiger partial charge is 0.0915 e. The first-order valence-electron chi connectivity index (χ1n) is 13.6. The van der Waals surface area contributed by atoms with Crippen molar-refractivity contribution in [2.75, 3.05) is 0 Å². The largest absolute Gasteiger partial charge is 0.309 e. The van der Waals surface area contributed by atoms with Crippen LogP contribution in [0.1, 0.15) is 25.0 Å². The zero-order chi connectivity index (χ0) is 26.8. The number of hydrogen-bond donors (Lipinski definition) is 0. The zero-order valence-corrected chi connectivity index (χ0v) is 22.3. The minimum absolute atomic E-state index is 0.0854. The zero-order valence-electron chi connectivity index (χ0n) is 22.3. The predicted octanol–water partition coefficient (Wildman–Crippen LogP) is 8.61. The molecule has 4 nitrogen and oxygen atoms in total. The van der Waals surface area contributed by atoms with Gasteiger partial charge in [-0.05, 0) is 76.9 Å². The number of nitrogens with zero attached hydrogens (tertiary/aromatic N) is 4. The van der Waals surface area contributed by atoms with Crippen molar-refractivity contribution in [3.05, 3.63) is 133 Å². The molecule has 0 radical (unpaired) electrons. The topological polar surface area (TPSA) is 43.6 Å². The maximum absolute atomic E-state index is 5.01. The highest BCUT2D eigenvalue weighted by atomic mass is 15.0. The summed E-state index contributed by atoms with van der Waals surface area (Å²) in [5.74, 6) is 0. The molecule has 1 aliphatic rings. The van der Waals surface area contributed by atoms with E-state index in [1.54, 1.807) is 0 Å². The first kappa shape index (κ1) is 22.9. The first-order chi connectivity index (χ1) is 19.6. The second kappa shape index (κ2) is 8.45. The van der Waals surface area contributed by atoms with E-state index in [0.717, 1.165) is 34.0 Å². The van der Waals surface area contributed by atoms with Crippen LogP contribution >= 0.6 is 0 Å². The van der Waals surface area contributed by atoms with E-state index in [4.69, 9.17) is 4.98 Å². The maximum Gasteiger partial charge on any atom is 0.0915 e. The molecule has 0 saturated carbocycles. The Labute approximate surface area is 232 Å². The van der Waals surface area contributed by atoms with Crippen LogP contribution in [-0.2, 0) is 5.41 Å². The van der Waals surface area contributed by atoms with E-state index in [-0.39, 0.29) is 5.41 Å². The van der Waals surface area contributed by atoms with Crippen LogP contribution in [-0.4, -0.2) is 19.5 Å². The van der Waals surface area contributed by atoms with Crippen LogP contribution in [0.2, 0.25) is 0 Å². The summed E-state index contributed by atoms with van der Waals surface area (Å²) in [7, 11) is 0. The third-order valence-electron chi connectivity index (χ3n) is 8.30. The van der Waals surface area contributed by atoms with E-state index in [1.807, 2.05) is 48.8 Å². The molecule has 190 valence electrons. The van der Waals surface area contributed by atoms with Crippen molar-refractivity contribution in [3.63, 3.8) is 0 Å². The first-order valence-corrected chi connectivity index (χ1v) is 13.6. The Morgan fingerprint density at radius 2 is 1.18 bits per heavy atom. The summed E-state index contributed by atoms with van der Waals surface area (Å²) in [5, 5.41) is 2.48. The number of fused-ring (bicyclic) bond motifs is 6. The normalized spacial score (nSPS) is 13.4. The van der Waals surface area contributed by atoms with Gasteiger partial charge in [0.15, 0.2) is 0 Å². The van der Waals surface area contributed by atoms with E-state index in [1.165, 1.54) is 38.5 Å². The minimum Gasteiger partial charge on any atom is -0.309 e. The molecular weight excluding hydrogens is 488 g/mol. The standard InChI is InChI=1S/C36H26N4/c1-36(2)28-13-5-3-11-24(28)26-21-27-25-12-4-6-16-34(25)40(35(27)22-29(26)36)23-19-32(30-14-7-9-17-37-30)39-33(20-23)31-15-8-10-18-38-31/h3-22H,1-2H3. The van der Waals surface area contributed by atoms with Crippen LogP contribution in [0.25, 0.3) is 61.4 Å². The Kier molecular flexibility index (Phi) is 4.83. The average Bonchev–Trinajstić information content (AvgIpc) is 3.45. The van der Waals surface area contributed by atoms with Crippen molar-refractivity contribution in [2.24, 2.45) is 0 Å². The summed E-state index contributed by atoms with van der Waals surface area (Å²) in [6.07, 6.45) is 3.63. The highest BCUT2D eigenvalue weighted by Gasteiger charge is 2.36. The van der Waals surface area contributed by atoms with Gasteiger partial charge in [-0.15, -0.1) is 0 Å². The highest BCUT2D eigenvalue weighted by Crippen LogP contribution is 2.51. The molecule has 0 aliphatic heterocycles. The van der Waals surface area contributed by atoms with Crippen LogP contribution in [0.4, 0.5) is 0 Å². The Morgan fingerprint density at radius 3 is 1.88 bits per heavy atom. The molecular formula is C36H26N4. The van der Waals surface area contributed by atoms with Gasteiger partial charge in [-0.25, -0.2) is 4.98 Å². The molecule has 40 heavy (non-hydrogen) atoms. The second-order valence-corrected chi connectivity index (χ2v) is 11.0. The number of aromatic nitrogens is 4. The fourth-order valence-corrected chi connectivity index (χ4v) is 6.38. The van der Waals surface area contributed by atoms with Gasteiger partial charge >= 0.3 is 0 Å². The highest BCUT2D eigenvalue weighted by molar-refractivity contribution is 6.11. The lowest BCUT2D eigenvalue weighted by atomic mass is 9.82. The van der Waals surface area contributed by atoms with Crippen molar-refractivity contribution in [3.8, 4) is 39.6 Å². The summed E-state index contributed by atoms with van der Waals surface area (Å²) < 4.78 is 2.38. The van der Waals surface area contributed by atoms with Gasteiger partial charge in [-0.3, -0.25) is 9.97 Å². The van der Waals surface area contributed by atoms with Crippen molar-refractivity contribution in [2.45, 2.75) is 19.3 Å². The predicted molar refractivity (Wildman–Crippen MR) is 163 cm³/mol. The van der Waals surface area contributed by atoms with E-state index < -0.39 is 0 Å². The Morgan fingerprint density at radius 1 is 0.525 bits per heavy atom. The van der Waals surface area contributed by atoms with E-state index in [2.05, 4.69) is 101 Å². The van der Waals surface area contributed by atoms with E-state index in [9.17, 15) is 0 Å². The molecule has 4 aromatic heterocycles. The van der Waals surface area contributed by atoms with Gasteiger partial charge < -0.3 is 4.57 Å². The van der Waals surface area contributed by atoms with E-state index in [0.29, 0.717) is 0 Å². The fourth-order valence-electron chi connectivity index (χ4n) is 6.38. The lowest BCUT2D eigenvalue weighted by molar-refractivity contribution is 0.661. The quantitative estimate of drug-likeness (QED) is 0.237. The lowest BCUT2D eigenvalue weighted by Gasteiger charge is -2.21. The molecule has 4 heterocycles. The van der Waals surface area contributed by atoms with Crippen LogP contribution in [0.15, 0.2) is 122 Å². The molecule has 8 rings (SSSR count). The number of rotatable bonds is 3. The summed E-state index contributed by atoms with van der Waals surface area (Å²) >= 11 is 0. The number of hydrogen-bond acceptors (Lipinski definition) is 3. The number of para-hydroxylation sites is 1. The summed E-state index contributed by atoms with van der Waals surface area (Å²) in [4.78, 5) is 14.3. The van der Waals surface area contributed by atoms with Crippen LogP contribution in [0, 0.1) is 0 Å². The summed E-state index contributed by atoms with van der Waals surface area (Å²) in [6, 6.07) is 38.5. The molecule has 3 aromatic carbocycles. The minimum atomic E-state index is -0.0854. The molecule has 4 heteroatoms. The third-order valence-corrected chi connectivity index (χ3v) is 8.30. The van der Waals surface area contributed by atoms with Gasteiger partial charge in [0.2, 0.25) is 0 Å². The van der Waals surface area contributed by atoms with Crippen molar-refractivity contribution < 1.29 is 0 Å². The van der Waals surface area contributed by atoms with Gasteiger partial charge in [0, 0.05) is 28.6 Å². The molecule has 7 aromatic rings. The molecule has 0 bridgehead atoms. The third kappa shape index (κ3) is 3.29. The summed E-state index contributed by atoms with van der Waals surface area (Å²) in [6.45, 7) is 4.67. The molecule has 0 spiro atoms. The molecule has 0 unspecified atom stereocenters. The molecule has 0 fully saturated rings. The monoisotopic (exact) mass is 514 g/mol. The fraction of sp³-hybridized carbons (Fsp3) is 0.0833. The Hall–Kier alpha value is -5.09. The van der Waals surface area contributed by atoms with Gasteiger partial charge in [-0.2, -0.15) is 0 Å². The Bertz CT molecular complexity index is 2010. The molecule has 0 atom stereocenters. The SMILES string of the molecule is CC1(C)c2ccccc2-c2cc3c4ccccc4n(-c4cc(-c5ccccn5)nc(-c5ccccn5)c4)c3cc21. The van der Waals surface area contributed by atoms with Crippen molar-refractivity contribution in [1.82, 2.24) is 19.5 Å². The van der Waals surface area contributed by atoms with E-state index >= 15 is 0 Å². The van der Waals surface area contributed by atoms with Gasteiger partial charge in [-0.1, -0.05) is 68.4 Å². The van der Waals surface area contributed by atoms with Crippen LogP contribution in [0.3, 0.4) is 0 Å². The van der Waals surface area contributed by atoms with Gasteiger partial charge in [0.25, 0.3) is 0 Å². The molecule has 0 amide bonds. The molecule has 0 saturated heterocycles. The van der Waals surface area contributed by atoms with Crippen molar-refractivity contribution in [1.29, 1.82) is 0 Å². The summed E-state index contributed by atoms with van der Waals surface area (Å²) in [5.41, 5.74) is 12.0. The van der Waals surface area contributed by atoms with Gasteiger partial charge in [0.1, 0.15) is 0 Å². The van der Waals surface area contributed by atoms with Crippen molar-refractivity contribution >= 4 is 21.8 Å². The van der Waals surface area contributed by atoms with Crippen LogP contribution < -0.4 is 0 Å².